The summed E-state index contributed by atoms with van der Waals surface area (Å²) in [5.41, 5.74) is 1.48. The van der Waals surface area contributed by atoms with E-state index in [0.29, 0.717) is 25.5 Å². The summed E-state index contributed by atoms with van der Waals surface area (Å²) in [7, 11) is 0. The Labute approximate surface area is 118 Å². The minimum atomic E-state index is -0.203. The van der Waals surface area contributed by atoms with E-state index in [2.05, 4.69) is 4.98 Å². The number of carbonyl (C=O) groups is 1. The van der Waals surface area contributed by atoms with E-state index >= 15 is 0 Å². The van der Waals surface area contributed by atoms with Gasteiger partial charge in [-0.25, -0.2) is 0 Å². The van der Waals surface area contributed by atoms with Gasteiger partial charge in [-0.3, -0.25) is 9.59 Å². The molecule has 110 valence electrons. The molecule has 0 unspecified atom stereocenters. The number of H-pyrrole nitrogens is 1. The normalized spacial score (nSPS) is 18.6. The third kappa shape index (κ3) is 2.93. The zero-order valence-electron chi connectivity index (χ0n) is 12.4. The van der Waals surface area contributed by atoms with Gasteiger partial charge in [-0.05, 0) is 33.6 Å². The molecule has 0 spiro atoms. The molecule has 0 saturated carbocycles. The van der Waals surface area contributed by atoms with E-state index in [0.717, 1.165) is 18.5 Å². The van der Waals surface area contributed by atoms with Gasteiger partial charge in [-0.1, -0.05) is 0 Å². The second kappa shape index (κ2) is 6.22. The molecule has 2 rings (SSSR count). The van der Waals surface area contributed by atoms with Gasteiger partial charge in [-0.2, -0.15) is 0 Å². The summed E-state index contributed by atoms with van der Waals surface area (Å²) in [6.45, 7) is 7.42. The second-order valence-electron chi connectivity index (χ2n) is 5.27. The molecule has 1 aromatic heterocycles. The molecule has 1 N–H and O–H groups in total. The van der Waals surface area contributed by atoms with E-state index in [1.54, 1.807) is 11.8 Å². The number of aromatic amines is 1. The fourth-order valence-electron chi connectivity index (χ4n) is 2.79. The molecule has 1 fully saturated rings. The Kier molecular flexibility index (Phi) is 4.60. The van der Waals surface area contributed by atoms with Gasteiger partial charge in [0.15, 0.2) is 5.43 Å². The van der Waals surface area contributed by atoms with Crippen molar-refractivity contribution in [2.45, 2.75) is 39.7 Å². The molecule has 5 heteroatoms. The first-order valence-electron chi connectivity index (χ1n) is 7.13. The van der Waals surface area contributed by atoms with E-state index in [4.69, 9.17) is 4.74 Å². The molecule has 1 aliphatic rings. The molecule has 1 aliphatic heterocycles. The lowest BCUT2D eigenvalue weighted by molar-refractivity contribution is 0.0562. The summed E-state index contributed by atoms with van der Waals surface area (Å²) >= 11 is 0. The van der Waals surface area contributed by atoms with Crippen LogP contribution in [-0.4, -0.2) is 41.6 Å². The SMILES string of the molecule is CCOC[C@H]1CCCN1C(=O)c1c(C)[nH]c(C)cc1=O. The summed E-state index contributed by atoms with van der Waals surface area (Å²) in [6, 6.07) is 1.57. The highest BCUT2D eigenvalue weighted by molar-refractivity contribution is 5.95. The lowest BCUT2D eigenvalue weighted by Crippen LogP contribution is -2.40. The van der Waals surface area contributed by atoms with E-state index in [9.17, 15) is 9.59 Å². The maximum Gasteiger partial charge on any atom is 0.259 e. The fraction of sp³-hybridized carbons (Fsp3) is 0.600. The van der Waals surface area contributed by atoms with Crippen LogP contribution in [-0.2, 0) is 4.74 Å². The van der Waals surface area contributed by atoms with Gasteiger partial charge in [0.2, 0.25) is 0 Å². The Morgan fingerprint density at radius 2 is 2.25 bits per heavy atom. The van der Waals surface area contributed by atoms with Gasteiger partial charge < -0.3 is 14.6 Å². The summed E-state index contributed by atoms with van der Waals surface area (Å²) in [6.07, 6.45) is 1.90. The van der Waals surface area contributed by atoms with Gasteiger partial charge in [0.25, 0.3) is 5.91 Å². The highest BCUT2D eigenvalue weighted by Gasteiger charge is 2.31. The number of ether oxygens (including phenoxy) is 1. The number of hydrogen-bond acceptors (Lipinski definition) is 3. The van der Waals surface area contributed by atoms with Crippen molar-refractivity contribution in [1.82, 2.24) is 9.88 Å². The number of aryl methyl sites for hydroxylation is 2. The lowest BCUT2D eigenvalue weighted by Gasteiger charge is -2.25. The quantitative estimate of drug-likeness (QED) is 0.910. The van der Waals surface area contributed by atoms with Crippen molar-refractivity contribution in [3.8, 4) is 0 Å². The van der Waals surface area contributed by atoms with Gasteiger partial charge in [-0.15, -0.1) is 0 Å². The molecule has 1 amide bonds. The topological polar surface area (TPSA) is 62.4 Å². The number of hydrogen-bond donors (Lipinski definition) is 1. The van der Waals surface area contributed by atoms with Crippen LogP contribution >= 0.6 is 0 Å². The molecule has 0 aliphatic carbocycles. The average molecular weight is 278 g/mol. The first kappa shape index (κ1) is 14.8. The molecule has 0 bridgehead atoms. The highest BCUT2D eigenvalue weighted by Crippen LogP contribution is 2.20. The second-order valence-corrected chi connectivity index (χ2v) is 5.27. The van der Waals surface area contributed by atoms with Crippen LogP contribution in [0.4, 0.5) is 0 Å². The van der Waals surface area contributed by atoms with Crippen LogP contribution < -0.4 is 5.43 Å². The monoisotopic (exact) mass is 278 g/mol. The van der Waals surface area contributed by atoms with Crippen LogP contribution in [0.25, 0.3) is 0 Å². The van der Waals surface area contributed by atoms with E-state index in [1.165, 1.54) is 6.07 Å². The standard InChI is InChI=1S/C15H22N2O3/c1-4-20-9-12-6-5-7-17(12)15(19)14-11(3)16-10(2)8-13(14)18/h8,12H,4-7,9H2,1-3H3,(H,16,18)/t12-/m1/s1. The van der Waals surface area contributed by atoms with Crippen LogP contribution in [0.1, 0.15) is 41.5 Å². The van der Waals surface area contributed by atoms with Crippen molar-refractivity contribution in [3.63, 3.8) is 0 Å². The van der Waals surface area contributed by atoms with Crippen LogP contribution in [0.2, 0.25) is 0 Å². The number of amides is 1. The molecule has 1 saturated heterocycles. The number of likely N-dealkylation sites (tertiary alicyclic amines) is 1. The molecule has 0 radical (unpaired) electrons. The van der Waals surface area contributed by atoms with E-state index in [-0.39, 0.29) is 22.9 Å². The number of rotatable bonds is 4. The molecular weight excluding hydrogens is 256 g/mol. The fourth-order valence-corrected chi connectivity index (χ4v) is 2.79. The zero-order chi connectivity index (χ0) is 14.7. The van der Waals surface area contributed by atoms with Crippen molar-refractivity contribution in [2.24, 2.45) is 0 Å². The van der Waals surface area contributed by atoms with Gasteiger partial charge >= 0.3 is 0 Å². The smallest absolute Gasteiger partial charge is 0.259 e. The predicted molar refractivity (Wildman–Crippen MR) is 77.1 cm³/mol. The Morgan fingerprint density at radius 1 is 1.50 bits per heavy atom. The number of nitrogens with zero attached hydrogens (tertiary/aromatic N) is 1. The van der Waals surface area contributed by atoms with Gasteiger partial charge in [0.1, 0.15) is 5.56 Å². The Bertz CT molecular complexity index is 551. The Balaban J connectivity index is 2.25. The largest absolute Gasteiger partial charge is 0.380 e. The maximum atomic E-state index is 12.6. The summed E-state index contributed by atoms with van der Waals surface area (Å²) in [5, 5.41) is 0. The molecule has 1 aromatic rings. The lowest BCUT2D eigenvalue weighted by atomic mass is 10.1. The molecule has 1 atom stereocenters. The zero-order valence-corrected chi connectivity index (χ0v) is 12.4. The Hall–Kier alpha value is -1.62. The summed E-state index contributed by atoms with van der Waals surface area (Å²) < 4.78 is 5.43. The van der Waals surface area contributed by atoms with Crippen LogP contribution in [0.3, 0.4) is 0 Å². The van der Waals surface area contributed by atoms with Crippen molar-refractivity contribution < 1.29 is 9.53 Å². The maximum absolute atomic E-state index is 12.6. The number of pyridine rings is 1. The van der Waals surface area contributed by atoms with Crippen molar-refractivity contribution in [3.05, 3.63) is 33.2 Å². The highest BCUT2D eigenvalue weighted by atomic mass is 16.5. The van der Waals surface area contributed by atoms with Crippen molar-refractivity contribution >= 4 is 5.91 Å². The van der Waals surface area contributed by atoms with Crippen LogP contribution in [0.5, 0.6) is 0 Å². The third-order valence-corrected chi connectivity index (χ3v) is 3.72. The summed E-state index contributed by atoms with van der Waals surface area (Å²) in [4.78, 5) is 29.5. The van der Waals surface area contributed by atoms with Gasteiger partial charge in [0.05, 0.1) is 12.6 Å². The molecular formula is C15H22N2O3. The number of carbonyl (C=O) groups excluding carboxylic acids is 1. The first-order valence-corrected chi connectivity index (χ1v) is 7.13. The van der Waals surface area contributed by atoms with Gasteiger partial charge in [0, 0.05) is 30.6 Å². The predicted octanol–water partition coefficient (Wildman–Crippen LogP) is 1.63. The first-order chi connectivity index (χ1) is 9.54. The molecule has 2 heterocycles. The van der Waals surface area contributed by atoms with Crippen molar-refractivity contribution in [1.29, 1.82) is 0 Å². The molecule has 20 heavy (non-hydrogen) atoms. The Morgan fingerprint density at radius 3 is 2.90 bits per heavy atom. The molecule has 5 nitrogen and oxygen atoms in total. The van der Waals surface area contributed by atoms with Crippen molar-refractivity contribution in [2.75, 3.05) is 19.8 Å². The third-order valence-electron chi connectivity index (χ3n) is 3.72. The van der Waals surface area contributed by atoms with Crippen LogP contribution in [0, 0.1) is 13.8 Å². The number of aromatic nitrogens is 1. The van der Waals surface area contributed by atoms with E-state index < -0.39 is 0 Å². The minimum Gasteiger partial charge on any atom is -0.380 e. The summed E-state index contributed by atoms with van der Waals surface area (Å²) in [5.74, 6) is -0.175. The molecule has 0 aromatic carbocycles. The minimum absolute atomic E-state index is 0.0857. The number of nitrogens with one attached hydrogen (secondary N) is 1. The van der Waals surface area contributed by atoms with Crippen LogP contribution in [0.15, 0.2) is 10.9 Å². The van der Waals surface area contributed by atoms with E-state index in [1.807, 2.05) is 13.8 Å². The average Bonchev–Trinajstić information content (AvgIpc) is 2.83.